The summed E-state index contributed by atoms with van der Waals surface area (Å²) >= 11 is 1.79. The average molecular weight is 174 g/mol. The third-order valence-electron chi connectivity index (χ3n) is 2.01. The van der Waals surface area contributed by atoms with Crippen molar-refractivity contribution in [1.29, 1.82) is 0 Å². The second kappa shape index (κ2) is 3.45. The number of thioether (sulfide) groups is 1. The standard InChI is InChI=1S/C7H14N2OS/c1-2-9-7(6(8)10)3-4-11-5-7/h9H,2-5H2,1H3,(H2,8,10). The summed E-state index contributed by atoms with van der Waals surface area (Å²) in [5.74, 6) is 1.66. The molecule has 4 heteroatoms. The Morgan fingerprint density at radius 2 is 2.55 bits per heavy atom. The van der Waals surface area contributed by atoms with E-state index in [9.17, 15) is 4.79 Å². The lowest BCUT2D eigenvalue weighted by molar-refractivity contribution is -0.123. The molecule has 1 atom stereocenters. The summed E-state index contributed by atoms with van der Waals surface area (Å²) in [6, 6.07) is 0. The molecule has 0 aromatic heterocycles. The summed E-state index contributed by atoms with van der Waals surface area (Å²) in [7, 11) is 0. The van der Waals surface area contributed by atoms with Gasteiger partial charge in [-0.05, 0) is 18.7 Å². The van der Waals surface area contributed by atoms with E-state index < -0.39 is 5.54 Å². The van der Waals surface area contributed by atoms with E-state index in [1.807, 2.05) is 6.92 Å². The first-order valence-corrected chi connectivity index (χ1v) is 4.99. The number of nitrogens with two attached hydrogens (primary N) is 1. The first-order chi connectivity index (χ1) is 5.21. The fourth-order valence-corrected chi connectivity index (χ4v) is 2.70. The highest BCUT2D eigenvalue weighted by Gasteiger charge is 2.38. The lowest BCUT2D eigenvalue weighted by atomic mass is 9.98. The van der Waals surface area contributed by atoms with Crippen molar-refractivity contribution in [2.45, 2.75) is 18.9 Å². The van der Waals surface area contributed by atoms with Crippen molar-refractivity contribution < 1.29 is 4.79 Å². The minimum atomic E-state index is -0.403. The Morgan fingerprint density at radius 1 is 1.82 bits per heavy atom. The van der Waals surface area contributed by atoms with Crippen LogP contribution in [-0.2, 0) is 4.79 Å². The lowest BCUT2D eigenvalue weighted by Gasteiger charge is -2.24. The van der Waals surface area contributed by atoms with Crippen LogP contribution in [-0.4, -0.2) is 29.5 Å². The highest BCUT2D eigenvalue weighted by atomic mass is 32.2. The van der Waals surface area contributed by atoms with Crippen molar-refractivity contribution >= 4 is 17.7 Å². The third-order valence-corrected chi connectivity index (χ3v) is 3.20. The summed E-state index contributed by atoms with van der Waals surface area (Å²) in [6.45, 7) is 2.80. The molecule has 1 rings (SSSR count). The van der Waals surface area contributed by atoms with E-state index in [4.69, 9.17) is 5.73 Å². The summed E-state index contributed by atoms with van der Waals surface area (Å²) in [4.78, 5) is 11.1. The Labute approximate surface area is 71.1 Å². The van der Waals surface area contributed by atoms with Crippen LogP contribution in [0.2, 0.25) is 0 Å². The molecule has 0 bridgehead atoms. The van der Waals surface area contributed by atoms with E-state index in [-0.39, 0.29) is 5.91 Å². The van der Waals surface area contributed by atoms with Gasteiger partial charge in [0.15, 0.2) is 0 Å². The van der Waals surface area contributed by atoms with Crippen LogP contribution in [0.15, 0.2) is 0 Å². The molecule has 1 saturated heterocycles. The van der Waals surface area contributed by atoms with Gasteiger partial charge in [0, 0.05) is 5.75 Å². The number of amides is 1. The molecule has 11 heavy (non-hydrogen) atoms. The van der Waals surface area contributed by atoms with Crippen molar-refractivity contribution in [2.75, 3.05) is 18.1 Å². The molecule has 0 spiro atoms. The number of hydrogen-bond acceptors (Lipinski definition) is 3. The molecule has 0 aliphatic carbocycles. The number of hydrogen-bond donors (Lipinski definition) is 2. The Hall–Kier alpha value is -0.220. The van der Waals surface area contributed by atoms with E-state index in [2.05, 4.69) is 5.32 Å². The maximum Gasteiger partial charge on any atom is 0.238 e. The van der Waals surface area contributed by atoms with E-state index in [0.29, 0.717) is 0 Å². The molecule has 1 amide bonds. The number of nitrogens with one attached hydrogen (secondary N) is 1. The van der Waals surface area contributed by atoms with Gasteiger partial charge in [0.25, 0.3) is 0 Å². The van der Waals surface area contributed by atoms with E-state index >= 15 is 0 Å². The molecule has 64 valence electrons. The van der Waals surface area contributed by atoms with Crippen LogP contribution in [0.3, 0.4) is 0 Å². The van der Waals surface area contributed by atoms with Gasteiger partial charge in [-0.15, -0.1) is 0 Å². The summed E-state index contributed by atoms with van der Waals surface area (Å²) in [6.07, 6.45) is 0.876. The Bertz CT molecular complexity index is 155. The van der Waals surface area contributed by atoms with Crippen LogP contribution >= 0.6 is 11.8 Å². The third kappa shape index (κ3) is 1.68. The van der Waals surface area contributed by atoms with Crippen LogP contribution < -0.4 is 11.1 Å². The van der Waals surface area contributed by atoms with E-state index in [1.165, 1.54) is 0 Å². The largest absolute Gasteiger partial charge is 0.368 e. The van der Waals surface area contributed by atoms with Gasteiger partial charge in [0.05, 0.1) is 0 Å². The molecular weight excluding hydrogens is 160 g/mol. The zero-order valence-electron chi connectivity index (χ0n) is 6.72. The summed E-state index contributed by atoms with van der Waals surface area (Å²) in [5.41, 5.74) is 4.90. The fourth-order valence-electron chi connectivity index (χ4n) is 1.32. The summed E-state index contributed by atoms with van der Waals surface area (Å²) in [5, 5.41) is 3.16. The average Bonchev–Trinajstić information content (AvgIpc) is 2.38. The van der Waals surface area contributed by atoms with Crippen molar-refractivity contribution in [1.82, 2.24) is 5.32 Å². The van der Waals surface area contributed by atoms with Crippen molar-refractivity contribution in [3.63, 3.8) is 0 Å². The number of rotatable bonds is 3. The van der Waals surface area contributed by atoms with Crippen LogP contribution in [0.1, 0.15) is 13.3 Å². The Kier molecular flexibility index (Phi) is 2.78. The van der Waals surface area contributed by atoms with E-state index in [1.54, 1.807) is 11.8 Å². The van der Waals surface area contributed by atoms with Crippen LogP contribution in [0.4, 0.5) is 0 Å². The molecule has 0 saturated carbocycles. The molecule has 3 nitrogen and oxygen atoms in total. The minimum absolute atomic E-state index is 0.204. The van der Waals surface area contributed by atoms with E-state index in [0.717, 1.165) is 24.5 Å². The highest BCUT2D eigenvalue weighted by Crippen LogP contribution is 2.27. The molecule has 1 heterocycles. The molecule has 3 N–H and O–H groups in total. The highest BCUT2D eigenvalue weighted by molar-refractivity contribution is 7.99. The smallest absolute Gasteiger partial charge is 0.238 e. The van der Waals surface area contributed by atoms with Crippen LogP contribution in [0.25, 0.3) is 0 Å². The van der Waals surface area contributed by atoms with Crippen molar-refractivity contribution in [2.24, 2.45) is 5.73 Å². The monoisotopic (exact) mass is 174 g/mol. The second-order valence-electron chi connectivity index (χ2n) is 2.78. The first-order valence-electron chi connectivity index (χ1n) is 3.84. The summed E-state index contributed by atoms with van der Waals surface area (Å²) < 4.78 is 0. The normalized spacial score (nSPS) is 30.6. The maximum atomic E-state index is 11.1. The quantitative estimate of drug-likeness (QED) is 0.631. The van der Waals surface area contributed by atoms with Gasteiger partial charge in [-0.2, -0.15) is 11.8 Å². The number of likely N-dealkylation sites (N-methyl/N-ethyl adjacent to an activating group) is 1. The SMILES string of the molecule is CCNC1(C(N)=O)CCSC1. The lowest BCUT2D eigenvalue weighted by Crippen LogP contribution is -2.55. The second-order valence-corrected chi connectivity index (χ2v) is 3.88. The molecule has 1 fully saturated rings. The Balaban J connectivity index is 2.62. The van der Waals surface area contributed by atoms with Crippen LogP contribution in [0.5, 0.6) is 0 Å². The van der Waals surface area contributed by atoms with Crippen molar-refractivity contribution in [3.8, 4) is 0 Å². The number of carbonyl (C=O) groups excluding carboxylic acids is 1. The molecule has 0 aromatic rings. The maximum absolute atomic E-state index is 11.1. The van der Waals surface area contributed by atoms with Gasteiger partial charge in [-0.1, -0.05) is 6.92 Å². The molecule has 1 aliphatic heterocycles. The van der Waals surface area contributed by atoms with Gasteiger partial charge in [-0.25, -0.2) is 0 Å². The number of primary amides is 1. The van der Waals surface area contributed by atoms with Crippen molar-refractivity contribution in [3.05, 3.63) is 0 Å². The molecule has 1 aliphatic rings. The van der Waals surface area contributed by atoms with Gasteiger partial charge in [0.1, 0.15) is 5.54 Å². The van der Waals surface area contributed by atoms with Gasteiger partial charge < -0.3 is 11.1 Å². The predicted molar refractivity (Wildman–Crippen MR) is 47.5 cm³/mol. The molecular formula is C7H14N2OS. The zero-order chi connectivity index (χ0) is 8.32. The number of carbonyl (C=O) groups is 1. The molecule has 0 radical (unpaired) electrons. The zero-order valence-corrected chi connectivity index (χ0v) is 7.54. The molecule has 1 unspecified atom stereocenters. The Morgan fingerprint density at radius 3 is 2.91 bits per heavy atom. The van der Waals surface area contributed by atoms with Gasteiger partial charge >= 0.3 is 0 Å². The predicted octanol–water partition coefficient (Wildman–Crippen LogP) is -0.0431. The van der Waals surface area contributed by atoms with Crippen LogP contribution in [0, 0.1) is 0 Å². The molecule has 0 aromatic carbocycles. The fraction of sp³-hybridized carbons (Fsp3) is 0.857. The topological polar surface area (TPSA) is 55.1 Å². The van der Waals surface area contributed by atoms with Gasteiger partial charge in [-0.3, -0.25) is 4.79 Å². The minimum Gasteiger partial charge on any atom is -0.368 e. The first kappa shape index (κ1) is 8.87. The van der Waals surface area contributed by atoms with Gasteiger partial charge in [0.2, 0.25) is 5.91 Å².